The van der Waals surface area contributed by atoms with Crippen LogP contribution < -0.4 is 5.32 Å². The lowest BCUT2D eigenvalue weighted by Crippen LogP contribution is -2.24. The number of carboxylic acid groups (broad SMARTS) is 1. The first-order valence-electron chi connectivity index (χ1n) is 6.70. The number of amides is 1. The maximum Gasteiger partial charge on any atom is 0.335 e. The maximum atomic E-state index is 11.8. The van der Waals surface area contributed by atoms with Crippen LogP contribution in [-0.2, 0) is 17.8 Å². The number of aromatic carboxylic acids is 1. The summed E-state index contributed by atoms with van der Waals surface area (Å²) in [6.07, 6.45) is -0.174. The molecule has 2 rings (SSSR count). The highest BCUT2D eigenvalue weighted by atomic mass is 16.4. The van der Waals surface area contributed by atoms with E-state index >= 15 is 0 Å². The second kappa shape index (κ2) is 6.69. The van der Waals surface area contributed by atoms with E-state index in [0.29, 0.717) is 0 Å². The van der Waals surface area contributed by atoms with Gasteiger partial charge in [0.15, 0.2) is 11.5 Å². The number of phenols is 3. The molecule has 0 saturated heterocycles. The minimum absolute atomic E-state index is 0.157. The first kappa shape index (κ1) is 16.2. The molecule has 7 nitrogen and oxygen atoms in total. The van der Waals surface area contributed by atoms with Crippen molar-refractivity contribution < 1.29 is 30.0 Å². The SMILES string of the molecule is O=C(Cc1ccc(O)c(O)c1O)NCc1ccc(C(=O)O)cc1. The van der Waals surface area contributed by atoms with Crippen molar-refractivity contribution in [3.8, 4) is 17.2 Å². The van der Waals surface area contributed by atoms with Crippen LogP contribution in [0.4, 0.5) is 0 Å². The summed E-state index contributed by atoms with van der Waals surface area (Å²) in [5, 5.41) is 39.7. The van der Waals surface area contributed by atoms with Gasteiger partial charge in [0.05, 0.1) is 12.0 Å². The van der Waals surface area contributed by atoms with Crippen LogP contribution in [0.1, 0.15) is 21.5 Å². The quantitative estimate of drug-likeness (QED) is 0.530. The van der Waals surface area contributed by atoms with Gasteiger partial charge in [0, 0.05) is 12.1 Å². The summed E-state index contributed by atoms with van der Waals surface area (Å²) in [5.41, 5.74) is 1.06. The molecule has 0 saturated carbocycles. The molecule has 0 aliphatic heterocycles. The number of carboxylic acids is 1. The molecule has 0 aliphatic rings. The number of aromatic hydroxyl groups is 3. The summed E-state index contributed by atoms with van der Waals surface area (Å²) in [4.78, 5) is 22.6. The molecular weight excluding hydrogens is 302 g/mol. The van der Waals surface area contributed by atoms with Gasteiger partial charge < -0.3 is 25.7 Å². The van der Waals surface area contributed by atoms with Crippen molar-refractivity contribution in [3.05, 3.63) is 53.1 Å². The molecular formula is C16H15NO6. The topological polar surface area (TPSA) is 127 Å². The predicted molar refractivity (Wildman–Crippen MR) is 80.4 cm³/mol. The second-order valence-corrected chi connectivity index (χ2v) is 4.90. The smallest absolute Gasteiger partial charge is 0.335 e. The fourth-order valence-electron chi connectivity index (χ4n) is 1.95. The molecule has 1 amide bonds. The highest BCUT2D eigenvalue weighted by Crippen LogP contribution is 2.37. The summed E-state index contributed by atoms with van der Waals surface area (Å²) >= 11 is 0. The van der Waals surface area contributed by atoms with Gasteiger partial charge in [-0.25, -0.2) is 4.79 Å². The summed E-state index contributed by atoms with van der Waals surface area (Å²) < 4.78 is 0. The van der Waals surface area contributed by atoms with Gasteiger partial charge in [0.25, 0.3) is 0 Å². The summed E-state index contributed by atoms with van der Waals surface area (Å²) in [5.74, 6) is -3.09. The molecule has 0 aliphatic carbocycles. The monoisotopic (exact) mass is 317 g/mol. The van der Waals surface area contributed by atoms with Crippen molar-refractivity contribution in [1.82, 2.24) is 5.32 Å². The Balaban J connectivity index is 1.95. The molecule has 23 heavy (non-hydrogen) atoms. The Morgan fingerprint density at radius 1 is 0.913 bits per heavy atom. The predicted octanol–water partition coefficient (Wildman–Crippen LogP) is 1.36. The lowest BCUT2D eigenvalue weighted by molar-refractivity contribution is -0.120. The zero-order chi connectivity index (χ0) is 17.0. The van der Waals surface area contributed by atoms with E-state index in [4.69, 9.17) is 5.11 Å². The third-order valence-electron chi connectivity index (χ3n) is 3.26. The molecule has 2 aromatic rings. The minimum atomic E-state index is -1.02. The van der Waals surface area contributed by atoms with Crippen LogP contribution in [0.2, 0.25) is 0 Å². The molecule has 120 valence electrons. The first-order valence-corrected chi connectivity index (χ1v) is 6.70. The number of hydrogen-bond acceptors (Lipinski definition) is 5. The third kappa shape index (κ3) is 3.91. The number of carbonyl (C=O) groups excluding carboxylic acids is 1. The van der Waals surface area contributed by atoms with E-state index < -0.39 is 29.1 Å². The number of nitrogens with one attached hydrogen (secondary N) is 1. The Hall–Kier alpha value is -3.22. The van der Waals surface area contributed by atoms with E-state index in [1.807, 2.05) is 0 Å². The van der Waals surface area contributed by atoms with Crippen molar-refractivity contribution in [3.63, 3.8) is 0 Å². The normalized spacial score (nSPS) is 10.3. The maximum absolute atomic E-state index is 11.8. The molecule has 0 radical (unpaired) electrons. The van der Waals surface area contributed by atoms with Gasteiger partial charge in [-0.15, -0.1) is 0 Å². The van der Waals surface area contributed by atoms with Gasteiger partial charge in [-0.3, -0.25) is 4.79 Å². The van der Waals surface area contributed by atoms with Crippen LogP contribution in [0.25, 0.3) is 0 Å². The van der Waals surface area contributed by atoms with Gasteiger partial charge in [-0.05, 0) is 23.8 Å². The molecule has 7 heteroatoms. The lowest BCUT2D eigenvalue weighted by Gasteiger charge is -2.09. The Kier molecular flexibility index (Phi) is 4.70. The minimum Gasteiger partial charge on any atom is -0.504 e. The van der Waals surface area contributed by atoms with E-state index in [1.54, 1.807) is 12.1 Å². The molecule has 0 heterocycles. The number of hydrogen-bond donors (Lipinski definition) is 5. The second-order valence-electron chi connectivity index (χ2n) is 4.90. The van der Waals surface area contributed by atoms with Gasteiger partial charge in [0.1, 0.15) is 0 Å². The Bertz CT molecular complexity index is 739. The molecule has 0 aromatic heterocycles. The van der Waals surface area contributed by atoms with Gasteiger partial charge >= 0.3 is 5.97 Å². The highest BCUT2D eigenvalue weighted by Gasteiger charge is 2.14. The van der Waals surface area contributed by atoms with E-state index in [2.05, 4.69) is 5.32 Å². The van der Waals surface area contributed by atoms with E-state index in [0.717, 1.165) is 5.56 Å². The number of phenolic OH excluding ortho intramolecular Hbond substituents is 3. The Morgan fingerprint density at radius 2 is 1.57 bits per heavy atom. The van der Waals surface area contributed by atoms with Crippen LogP contribution in [0, 0.1) is 0 Å². The molecule has 0 spiro atoms. The van der Waals surface area contributed by atoms with Crippen molar-refractivity contribution in [2.24, 2.45) is 0 Å². The van der Waals surface area contributed by atoms with E-state index in [1.165, 1.54) is 24.3 Å². The van der Waals surface area contributed by atoms with Gasteiger partial charge in [-0.2, -0.15) is 0 Å². The van der Waals surface area contributed by atoms with Crippen molar-refractivity contribution in [2.75, 3.05) is 0 Å². The number of carbonyl (C=O) groups is 2. The average molecular weight is 317 g/mol. The summed E-state index contributed by atoms with van der Waals surface area (Å²) in [6.45, 7) is 0.198. The third-order valence-corrected chi connectivity index (χ3v) is 3.26. The summed E-state index contributed by atoms with van der Waals surface area (Å²) in [6, 6.07) is 8.58. The Morgan fingerprint density at radius 3 is 2.17 bits per heavy atom. The Labute approximate surface area is 131 Å². The van der Waals surface area contributed by atoms with E-state index in [9.17, 15) is 24.9 Å². The van der Waals surface area contributed by atoms with E-state index in [-0.39, 0.29) is 24.1 Å². The summed E-state index contributed by atoms with van der Waals surface area (Å²) in [7, 11) is 0. The van der Waals surface area contributed by atoms with Crippen LogP contribution >= 0.6 is 0 Å². The van der Waals surface area contributed by atoms with Crippen LogP contribution in [0.5, 0.6) is 17.2 Å². The van der Waals surface area contributed by atoms with Crippen LogP contribution in [0.15, 0.2) is 36.4 Å². The van der Waals surface area contributed by atoms with Gasteiger partial charge in [-0.1, -0.05) is 18.2 Å². The fourth-order valence-corrected chi connectivity index (χ4v) is 1.95. The zero-order valence-electron chi connectivity index (χ0n) is 12.0. The largest absolute Gasteiger partial charge is 0.504 e. The van der Waals surface area contributed by atoms with Crippen LogP contribution in [0.3, 0.4) is 0 Å². The van der Waals surface area contributed by atoms with Gasteiger partial charge in [0.2, 0.25) is 11.7 Å². The van der Waals surface area contributed by atoms with Crippen molar-refractivity contribution >= 4 is 11.9 Å². The average Bonchev–Trinajstić information content (AvgIpc) is 2.54. The molecule has 0 atom stereocenters. The molecule has 2 aromatic carbocycles. The lowest BCUT2D eigenvalue weighted by atomic mass is 10.1. The fraction of sp³-hybridized carbons (Fsp3) is 0.125. The molecule has 0 unspecified atom stereocenters. The van der Waals surface area contributed by atoms with Crippen molar-refractivity contribution in [2.45, 2.75) is 13.0 Å². The van der Waals surface area contributed by atoms with Crippen molar-refractivity contribution in [1.29, 1.82) is 0 Å². The standard InChI is InChI=1S/C16H15NO6/c18-12-6-5-11(14(20)15(12)21)7-13(19)17-8-9-1-3-10(4-2-9)16(22)23/h1-6,18,20-21H,7-8H2,(H,17,19)(H,22,23). The first-order chi connectivity index (χ1) is 10.9. The number of benzene rings is 2. The molecule has 5 N–H and O–H groups in total. The number of rotatable bonds is 5. The molecule has 0 bridgehead atoms. The molecule has 0 fully saturated rings. The highest BCUT2D eigenvalue weighted by molar-refractivity contribution is 5.87. The zero-order valence-corrected chi connectivity index (χ0v) is 12.0. The van der Waals surface area contributed by atoms with Crippen LogP contribution in [-0.4, -0.2) is 32.3 Å².